The van der Waals surface area contributed by atoms with Crippen LogP contribution in [0.2, 0.25) is 0 Å². The molecular weight excluding hydrogens is 284 g/mol. The van der Waals surface area contributed by atoms with Crippen LogP contribution in [0.4, 0.5) is 0 Å². The Morgan fingerprint density at radius 2 is 2.33 bits per heavy atom. The van der Waals surface area contributed by atoms with Crippen LogP contribution >= 0.6 is 11.8 Å². The molecule has 5 heteroatoms. The van der Waals surface area contributed by atoms with E-state index in [9.17, 15) is 4.79 Å². The van der Waals surface area contributed by atoms with Crippen LogP contribution in [0.15, 0.2) is 46.9 Å². The summed E-state index contributed by atoms with van der Waals surface area (Å²) in [7, 11) is 0. The number of fused-ring (bicyclic) bond motifs is 1. The maximum Gasteiger partial charge on any atom is 0.262 e. The topological polar surface area (TPSA) is 44.1 Å². The zero-order valence-electron chi connectivity index (χ0n) is 11.8. The van der Waals surface area contributed by atoms with Crippen molar-refractivity contribution in [1.29, 1.82) is 0 Å². The number of hydrogen-bond donors (Lipinski definition) is 0. The molecular formula is C16H18N2O2S. The molecule has 1 atom stereocenters. The minimum Gasteiger partial charge on any atom is -0.376 e. The van der Waals surface area contributed by atoms with Crippen molar-refractivity contribution < 1.29 is 4.74 Å². The first kappa shape index (κ1) is 14.4. The first-order valence-electron chi connectivity index (χ1n) is 7.14. The number of thioether (sulfide) groups is 1. The fourth-order valence-electron chi connectivity index (χ4n) is 2.54. The molecule has 0 unspecified atom stereocenters. The van der Waals surface area contributed by atoms with Crippen LogP contribution in [0.5, 0.6) is 0 Å². The first-order chi connectivity index (χ1) is 10.3. The van der Waals surface area contributed by atoms with Crippen LogP contribution in [0.3, 0.4) is 0 Å². The molecule has 1 fully saturated rings. The molecule has 2 heterocycles. The molecule has 1 saturated heterocycles. The van der Waals surface area contributed by atoms with E-state index in [4.69, 9.17) is 4.74 Å². The Balaban J connectivity index is 2.06. The highest BCUT2D eigenvalue weighted by molar-refractivity contribution is 7.99. The van der Waals surface area contributed by atoms with Crippen LogP contribution in [-0.4, -0.2) is 28.0 Å². The summed E-state index contributed by atoms with van der Waals surface area (Å²) < 4.78 is 7.42. The lowest BCUT2D eigenvalue weighted by atomic mass is 10.2. The maximum atomic E-state index is 12.7. The highest BCUT2D eigenvalue weighted by Crippen LogP contribution is 2.20. The van der Waals surface area contributed by atoms with Gasteiger partial charge in [0, 0.05) is 12.4 Å². The molecule has 0 radical (unpaired) electrons. The van der Waals surface area contributed by atoms with E-state index in [2.05, 4.69) is 11.6 Å². The zero-order valence-corrected chi connectivity index (χ0v) is 12.6. The van der Waals surface area contributed by atoms with Crippen LogP contribution in [0.25, 0.3) is 10.9 Å². The van der Waals surface area contributed by atoms with E-state index in [1.807, 2.05) is 30.3 Å². The predicted molar refractivity (Wildman–Crippen MR) is 85.9 cm³/mol. The molecule has 1 aromatic heterocycles. The maximum absolute atomic E-state index is 12.7. The lowest BCUT2D eigenvalue weighted by molar-refractivity contribution is 0.0937. The SMILES string of the molecule is C=CCSc1nc2ccccc2c(=O)n1C[C@H]1CCCO1. The third-order valence-electron chi connectivity index (χ3n) is 3.57. The van der Waals surface area contributed by atoms with Gasteiger partial charge in [-0.3, -0.25) is 9.36 Å². The molecule has 1 aromatic carbocycles. The normalized spacial score (nSPS) is 18.2. The lowest BCUT2D eigenvalue weighted by Crippen LogP contribution is -2.28. The molecule has 0 aliphatic carbocycles. The van der Waals surface area contributed by atoms with Gasteiger partial charge in [0.2, 0.25) is 0 Å². The Labute approximate surface area is 127 Å². The fraction of sp³-hybridized carbons (Fsp3) is 0.375. The van der Waals surface area contributed by atoms with E-state index in [-0.39, 0.29) is 11.7 Å². The molecule has 1 aliphatic rings. The Morgan fingerprint density at radius 3 is 3.10 bits per heavy atom. The number of benzene rings is 1. The Kier molecular flexibility index (Phi) is 4.41. The predicted octanol–water partition coefficient (Wildman–Crippen LogP) is 2.85. The molecule has 110 valence electrons. The summed E-state index contributed by atoms with van der Waals surface area (Å²) in [6, 6.07) is 7.49. The van der Waals surface area contributed by atoms with Crippen LogP contribution < -0.4 is 5.56 Å². The van der Waals surface area contributed by atoms with Crippen molar-refractivity contribution in [3.8, 4) is 0 Å². The molecule has 1 aliphatic heterocycles. The number of rotatable bonds is 5. The Morgan fingerprint density at radius 1 is 1.48 bits per heavy atom. The highest BCUT2D eigenvalue weighted by atomic mass is 32.2. The minimum atomic E-state index is 0.0164. The van der Waals surface area contributed by atoms with Gasteiger partial charge in [0.15, 0.2) is 5.16 Å². The number of hydrogen-bond acceptors (Lipinski definition) is 4. The molecule has 0 spiro atoms. The molecule has 21 heavy (non-hydrogen) atoms. The second kappa shape index (κ2) is 6.45. The third-order valence-corrected chi connectivity index (χ3v) is 4.54. The monoisotopic (exact) mass is 302 g/mol. The summed E-state index contributed by atoms with van der Waals surface area (Å²) in [5, 5.41) is 1.41. The molecule has 4 nitrogen and oxygen atoms in total. The standard InChI is InChI=1S/C16H18N2O2S/c1-2-10-21-16-17-14-8-4-3-7-13(14)15(19)18(16)11-12-6-5-9-20-12/h2-4,7-8,12H,1,5-6,9-11H2/t12-/m1/s1. The summed E-state index contributed by atoms with van der Waals surface area (Å²) >= 11 is 1.54. The minimum absolute atomic E-state index is 0.0164. The highest BCUT2D eigenvalue weighted by Gasteiger charge is 2.19. The largest absolute Gasteiger partial charge is 0.376 e. The van der Waals surface area contributed by atoms with Gasteiger partial charge >= 0.3 is 0 Å². The Bertz CT molecular complexity index is 705. The second-order valence-corrected chi connectivity index (χ2v) is 6.05. The number of aromatic nitrogens is 2. The average molecular weight is 302 g/mol. The van der Waals surface area contributed by atoms with Crippen molar-refractivity contribution in [3.63, 3.8) is 0 Å². The fourth-order valence-corrected chi connectivity index (χ4v) is 3.29. The van der Waals surface area contributed by atoms with E-state index in [1.54, 1.807) is 4.57 Å². The van der Waals surface area contributed by atoms with Gasteiger partial charge in [-0.15, -0.1) is 6.58 Å². The second-order valence-electron chi connectivity index (χ2n) is 5.06. The van der Waals surface area contributed by atoms with E-state index >= 15 is 0 Å². The van der Waals surface area contributed by atoms with E-state index in [0.29, 0.717) is 11.9 Å². The summed E-state index contributed by atoms with van der Waals surface area (Å²) in [5.41, 5.74) is 0.764. The van der Waals surface area contributed by atoms with Gasteiger partial charge in [0.25, 0.3) is 5.56 Å². The van der Waals surface area contributed by atoms with Gasteiger partial charge in [0.05, 0.1) is 23.6 Å². The van der Waals surface area contributed by atoms with Crippen LogP contribution in [-0.2, 0) is 11.3 Å². The van der Waals surface area contributed by atoms with Gasteiger partial charge in [-0.1, -0.05) is 30.0 Å². The molecule has 0 bridgehead atoms. The summed E-state index contributed by atoms with van der Waals surface area (Å²) in [4.78, 5) is 17.4. The lowest BCUT2D eigenvalue weighted by Gasteiger charge is -2.16. The van der Waals surface area contributed by atoms with Crippen LogP contribution in [0.1, 0.15) is 12.8 Å². The van der Waals surface area contributed by atoms with Gasteiger partial charge in [-0.05, 0) is 25.0 Å². The molecule has 0 amide bonds. The summed E-state index contributed by atoms with van der Waals surface area (Å²) in [6.45, 7) is 5.10. The Hall–Kier alpha value is -1.59. The summed E-state index contributed by atoms with van der Waals surface area (Å²) in [5.74, 6) is 0.732. The van der Waals surface area contributed by atoms with E-state index < -0.39 is 0 Å². The van der Waals surface area contributed by atoms with Gasteiger partial charge in [0.1, 0.15) is 0 Å². The third kappa shape index (κ3) is 3.04. The molecule has 0 saturated carbocycles. The quantitative estimate of drug-likeness (QED) is 0.484. The van der Waals surface area contributed by atoms with Gasteiger partial charge in [-0.25, -0.2) is 4.98 Å². The number of para-hydroxylation sites is 1. The molecule has 0 N–H and O–H groups in total. The average Bonchev–Trinajstić information content (AvgIpc) is 3.01. The summed E-state index contributed by atoms with van der Waals surface area (Å²) in [6.07, 6.45) is 4.01. The van der Waals surface area contributed by atoms with Gasteiger partial charge < -0.3 is 4.74 Å². The smallest absolute Gasteiger partial charge is 0.262 e. The van der Waals surface area contributed by atoms with Crippen molar-refractivity contribution in [2.75, 3.05) is 12.4 Å². The zero-order chi connectivity index (χ0) is 14.7. The van der Waals surface area contributed by atoms with E-state index in [0.717, 1.165) is 35.9 Å². The van der Waals surface area contributed by atoms with Crippen molar-refractivity contribution in [2.24, 2.45) is 0 Å². The number of ether oxygens (including phenoxy) is 1. The first-order valence-corrected chi connectivity index (χ1v) is 8.13. The van der Waals surface area contributed by atoms with Crippen molar-refractivity contribution >= 4 is 22.7 Å². The number of nitrogens with zero attached hydrogens (tertiary/aromatic N) is 2. The van der Waals surface area contributed by atoms with Crippen molar-refractivity contribution in [2.45, 2.75) is 30.6 Å². The van der Waals surface area contributed by atoms with E-state index in [1.165, 1.54) is 11.8 Å². The molecule has 3 rings (SSSR count). The van der Waals surface area contributed by atoms with Crippen molar-refractivity contribution in [3.05, 3.63) is 47.3 Å². The van der Waals surface area contributed by atoms with Crippen LogP contribution in [0, 0.1) is 0 Å². The molecule has 2 aromatic rings. The van der Waals surface area contributed by atoms with Crippen molar-refractivity contribution in [1.82, 2.24) is 9.55 Å². The van der Waals surface area contributed by atoms with Gasteiger partial charge in [-0.2, -0.15) is 0 Å².